The summed E-state index contributed by atoms with van der Waals surface area (Å²) in [6, 6.07) is 25.9. The first-order valence-corrected chi connectivity index (χ1v) is 13.4. The van der Waals surface area contributed by atoms with Crippen molar-refractivity contribution in [3.63, 3.8) is 0 Å². The Kier molecular flexibility index (Phi) is 6.49. The lowest BCUT2D eigenvalue weighted by Crippen LogP contribution is -2.41. The average Bonchev–Trinajstić information content (AvgIpc) is 2.90. The van der Waals surface area contributed by atoms with Gasteiger partial charge in [-0.1, -0.05) is 36.0 Å². The summed E-state index contributed by atoms with van der Waals surface area (Å²) in [6.45, 7) is 5.38. The topological polar surface area (TPSA) is 24.9 Å². The standard InChI is InChI=1S/C29H32N2O2S/c1-3-7-28-26(5-1)31(27-6-2-4-8-29(27)34-28)23-9-11-24(12-10-23)33-25-13-17-30(18-14-25)21-22-15-19-32-20-16-22/h1-12,22,25H,13-21H2. The Hall–Kier alpha value is -2.47. The van der Waals surface area contributed by atoms with E-state index in [0.29, 0.717) is 6.10 Å². The van der Waals surface area contributed by atoms with Gasteiger partial charge in [0.05, 0.1) is 11.4 Å². The van der Waals surface area contributed by atoms with Crippen molar-refractivity contribution < 1.29 is 9.47 Å². The number of fused-ring (bicyclic) bond motifs is 2. The molecule has 3 aromatic rings. The van der Waals surface area contributed by atoms with Crippen LogP contribution in [0.2, 0.25) is 0 Å². The quantitative estimate of drug-likeness (QED) is 0.315. The highest BCUT2D eigenvalue weighted by Gasteiger charge is 2.26. The zero-order valence-corrected chi connectivity index (χ0v) is 20.4. The molecule has 176 valence electrons. The third-order valence-corrected chi connectivity index (χ3v) is 8.35. The molecule has 0 atom stereocenters. The Morgan fingerprint density at radius 3 is 2.03 bits per heavy atom. The van der Waals surface area contributed by atoms with Gasteiger partial charge >= 0.3 is 0 Å². The number of benzene rings is 3. The lowest BCUT2D eigenvalue weighted by molar-refractivity contribution is 0.0389. The molecule has 3 aromatic carbocycles. The molecule has 0 aromatic heterocycles. The van der Waals surface area contributed by atoms with E-state index in [0.717, 1.165) is 50.8 Å². The number of likely N-dealkylation sites (tertiary alicyclic amines) is 1. The molecule has 3 heterocycles. The Balaban J connectivity index is 1.11. The van der Waals surface area contributed by atoms with Gasteiger partial charge in [0, 0.05) is 48.3 Å². The number of para-hydroxylation sites is 2. The summed E-state index contributed by atoms with van der Waals surface area (Å²) in [5.74, 6) is 1.78. The van der Waals surface area contributed by atoms with Crippen molar-refractivity contribution in [2.45, 2.75) is 41.6 Å². The fourth-order valence-electron chi connectivity index (χ4n) is 5.35. The van der Waals surface area contributed by atoms with Gasteiger partial charge in [0.1, 0.15) is 11.9 Å². The van der Waals surface area contributed by atoms with Gasteiger partial charge < -0.3 is 19.3 Å². The number of piperidine rings is 1. The molecule has 0 unspecified atom stereocenters. The number of nitrogens with zero attached hydrogens (tertiary/aromatic N) is 2. The van der Waals surface area contributed by atoms with Crippen LogP contribution in [0, 0.1) is 5.92 Å². The molecule has 2 saturated heterocycles. The summed E-state index contributed by atoms with van der Waals surface area (Å²) in [7, 11) is 0. The molecule has 6 rings (SSSR count). The van der Waals surface area contributed by atoms with E-state index < -0.39 is 0 Å². The Labute approximate surface area is 206 Å². The number of anilines is 3. The predicted molar refractivity (Wildman–Crippen MR) is 139 cm³/mol. The SMILES string of the molecule is c1ccc2c(c1)Sc1ccccc1N2c1ccc(OC2CCN(CC3CCOCC3)CC2)cc1. The van der Waals surface area contributed by atoms with Crippen molar-refractivity contribution in [1.82, 2.24) is 4.90 Å². The maximum absolute atomic E-state index is 6.41. The first-order valence-electron chi connectivity index (χ1n) is 12.6. The summed E-state index contributed by atoms with van der Waals surface area (Å²) < 4.78 is 11.9. The van der Waals surface area contributed by atoms with E-state index in [2.05, 4.69) is 82.6 Å². The van der Waals surface area contributed by atoms with Crippen LogP contribution in [0.15, 0.2) is 82.6 Å². The highest BCUT2D eigenvalue weighted by atomic mass is 32.2. The summed E-state index contributed by atoms with van der Waals surface area (Å²) in [4.78, 5) is 7.56. The second-order valence-corrected chi connectivity index (χ2v) is 10.6. The molecule has 3 aliphatic heterocycles. The molecule has 2 fully saturated rings. The van der Waals surface area contributed by atoms with Gasteiger partial charge in [-0.25, -0.2) is 0 Å². The summed E-state index contributed by atoms with van der Waals surface area (Å²) in [5.41, 5.74) is 3.63. The normalized spacial score (nSPS) is 19.5. The minimum absolute atomic E-state index is 0.310. The van der Waals surface area contributed by atoms with Crippen LogP contribution in [0.25, 0.3) is 0 Å². The molecule has 34 heavy (non-hydrogen) atoms. The van der Waals surface area contributed by atoms with Crippen LogP contribution in [0.1, 0.15) is 25.7 Å². The molecule has 0 saturated carbocycles. The molecule has 0 bridgehead atoms. The van der Waals surface area contributed by atoms with Crippen LogP contribution < -0.4 is 9.64 Å². The molecule has 3 aliphatic rings. The lowest BCUT2D eigenvalue weighted by atomic mass is 9.98. The van der Waals surface area contributed by atoms with Crippen molar-refractivity contribution in [1.29, 1.82) is 0 Å². The van der Waals surface area contributed by atoms with Gasteiger partial charge in [-0.15, -0.1) is 0 Å². The van der Waals surface area contributed by atoms with Crippen LogP contribution in [0.3, 0.4) is 0 Å². The van der Waals surface area contributed by atoms with E-state index in [1.54, 1.807) is 0 Å². The molecule has 5 heteroatoms. The van der Waals surface area contributed by atoms with E-state index in [1.807, 2.05) is 11.8 Å². The number of hydrogen-bond donors (Lipinski definition) is 0. The van der Waals surface area contributed by atoms with Crippen molar-refractivity contribution >= 4 is 28.8 Å². The fraction of sp³-hybridized carbons (Fsp3) is 0.379. The first kappa shape index (κ1) is 22.0. The maximum atomic E-state index is 6.41. The van der Waals surface area contributed by atoms with Crippen molar-refractivity contribution in [3.8, 4) is 5.75 Å². The van der Waals surface area contributed by atoms with Gasteiger partial charge in [0.15, 0.2) is 0 Å². The van der Waals surface area contributed by atoms with E-state index in [4.69, 9.17) is 9.47 Å². The minimum atomic E-state index is 0.310. The fourth-order valence-corrected chi connectivity index (χ4v) is 6.41. The van der Waals surface area contributed by atoms with Crippen molar-refractivity contribution in [2.24, 2.45) is 5.92 Å². The van der Waals surface area contributed by atoms with Gasteiger partial charge in [-0.2, -0.15) is 0 Å². The summed E-state index contributed by atoms with van der Waals surface area (Å²) in [6.07, 6.45) is 4.95. The van der Waals surface area contributed by atoms with Gasteiger partial charge in [0.2, 0.25) is 0 Å². The number of ether oxygens (including phenoxy) is 2. The smallest absolute Gasteiger partial charge is 0.119 e. The first-order chi connectivity index (χ1) is 16.8. The molecule has 0 amide bonds. The molecule has 0 N–H and O–H groups in total. The number of rotatable bonds is 5. The molecular weight excluding hydrogens is 440 g/mol. The largest absolute Gasteiger partial charge is 0.490 e. The van der Waals surface area contributed by atoms with E-state index >= 15 is 0 Å². The molecule has 0 spiro atoms. The summed E-state index contributed by atoms with van der Waals surface area (Å²) >= 11 is 1.84. The Bertz CT molecular complexity index is 1060. The Morgan fingerprint density at radius 2 is 1.38 bits per heavy atom. The third kappa shape index (κ3) is 4.70. The van der Waals surface area contributed by atoms with Crippen LogP contribution in [0.4, 0.5) is 17.1 Å². The van der Waals surface area contributed by atoms with E-state index in [1.165, 1.54) is 46.2 Å². The molecule has 4 nitrogen and oxygen atoms in total. The third-order valence-electron chi connectivity index (χ3n) is 7.22. The zero-order chi connectivity index (χ0) is 22.7. The van der Waals surface area contributed by atoms with Crippen LogP contribution >= 0.6 is 11.8 Å². The molecule has 0 radical (unpaired) electrons. The van der Waals surface area contributed by atoms with Gasteiger partial charge in [-0.05, 0) is 80.1 Å². The van der Waals surface area contributed by atoms with Crippen molar-refractivity contribution in [3.05, 3.63) is 72.8 Å². The van der Waals surface area contributed by atoms with Gasteiger partial charge in [0.25, 0.3) is 0 Å². The second kappa shape index (κ2) is 10.0. The number of hydrogen-bond acceptors (Lipinski definition) is 5. The van der Waals surface area contributed by atoms with Crippen LogP contribution in [-0.4, -0.2) is 43.9 Å². The average molecular weight is 473 g/mol. The highest BCUT2D eigenvalue weighted by molar-refractivity contribution is 7.99. The van der Waals surface area contributed by atoms with E-state index in [-0.39, 0.29) is 0 Å². The predicted octanol–water partition coefficient (Wildman–Crippen LogP) is 6.89. The Morgan fingerprint density at radius 1 is 0.765 bits per heavy atom. The van der Waals surface area contributed by atoms with Gasteiger partial charge in [-0.3, -0.25) is 0 Å². The zero-order valence-electron chi connectivity index (χ0n) is 19.6. The van der Waals surface area contributed by atoms with Crippen LogP contribution in [0.5, 0.6) is 5.75 Å². The highest BCUT2D eigenvalue weighted by Crippen LogP contribution is 2.51. The van der Waals surface area contributed by atoms with Crippen LogP contribution in [-0.2, 0) is 4.74 Å². The summed E-state index contributed by atoms with van der Waals surface area (Å²) in [5, 5.41) is 0. The minimum Gasteiger partial charge on any atom is -0.490 e. The van der Waals surface area contributed by atoms with E-state index in [9.17, 15) is 0 Å². The van der Waals surface area contributed by atoms with Crippen molar-refractivity contribution in [2.75, 3.05) is 37.7 Å². The molecule has 0 aliphatic carbocycles. The maximum Gasteiger partial charge on any atom is 0.119 e. The second-order valence-electron chi connectivity index (χ2n) is 9.54. The molecular formula is C29H32N2O2S. The lowest BCUT2D eigenvalue weighted by Gasteiger charge is -2.35. The monoisotopic (exact) mass is 472 g/mol.